The summed E-state index contributed by atoms with van der Waals surface area (Å²) < 4.78 is 23.2. The summed E-state index contributed by atoms with van der Waals surface area (Å²) in [5, 5.41) is 0. The Balaban J connectivity index is 1.43. The van der Waals surface area contributed by atoms with Crippen LogP contribution in [-0.4, -0.2) is 42.6 Å². The lowest BCUT2D eigenvalue weighted by molar-refractivity contribution is 0.327. The molecule has 4 rings (SSSR count). The van der Waals surface area contributed by atoms with Gasteiger partial charge in [0.15, 0.2) is 9.84 Å². The Morgan fingerprint density at radius 2 is 1.79 bits per heavy atom. The molecule has 0 amide bonds. The summed E-state index contributed by atoms with van der Waals surface area (Å²) in [4.78, 5) is 11.4. The number of likely N-dealkylation sites (tertiary alicyclic amines) is 1. The van der Waals surface area contributed by atoms with Gasteiger partial charge in [-0.2, -0.15) is 0 Å². The Hall–Kier alpha value is -2.57. The Bertz CT molecular complexity index is 1050. The number of pyridine rings is 2. The molecule has 0 N–H and O–H groups in total. The summed E-state index contributed by atoms with van der Waals surface area (Å²) in [6.45, 7) is 2.86. The van der Waals surface area contributed by atoms with Gasteiger partial charge in [0, 0.05) is 43.5 Å². The normalized spacial score (nSPS) is 17.7. The molecule has 0 aliphatic carbocycles. The molecule has 0 saturated carbocycles. The van der Waals surface area contributed by atoms with Gasteiger partial charge < -0.3 is 0 Å². The van der Waals surface area contributed by atoms with Gasteiger partial charge in [-0.05, 0) is 66.4 Å². The van der Waals surface area contributed by atoms with Crippen molar-refractivity contribution >= 4 is 9.84 Å². The largest absolute Gasteiger partial charge is 0.298 e. The van der Waals surface area contributed by atoms with Gasteiger partial charge in [0.05, 0.1) is 10.6 Å². The van der Waals surface area contributed by atoms with Crippen molar-refractivity contribution in [1.29, 1.82) is 0 Å². The lowest BCUT2D eigenvalue weighted by Crippen LogP contribution is -2.19. The van der Waals surface area contributed by atoms with Crippen LogP contribution in [0.4, 0.5) is 0 Å². The number of hydrogen-bond acceptors (Lipinski definition) is 5. The van der Waals surface area contributed by atoms with E-state index in [1.165, 1.54) is 11.8 Å². The molecule has 1 fully saturated rings. The molecule has 1 saturated heterocycles. The van der Waals surface area contributed by atoms with Crippen LogP contribution in [0.5, 0.6) is 0 Å². The van der Waals surface area contributed by atoms with E-state index in [0.29, 0.717) is 10.8 Å². The van der Waals surface area contributed by atoms with Gasteiger partial charge in [0.2, 0.25) is 0 Å². The van der Waals surface area contributed by atoms with Crippen molar-refractivity contribution in [2.75, 3.05) is 19.3 Å². The maximum Gasteiger partial charge on any atom is 0.175 e. The summed E-state index contributed by atoms with van der Waals surface area (Å²) in [7, 11) is -3.14. The molecule has 5 nitrogen and oxygen atoms in total. The minimum absolute atomic E-state index is 0.371. The number of rotatable bonds is 5. The molecule has 0 bridgehead atoms. The van der Waals surface area contributed by atoms with E-state index in [1.54, 1.807) is 24.5 Å². The first-order valence-corrected chi connectivity index (χ1v) is 11.3. The molecule has 1 aliphatic heterocycles. The number of aromatic nitrogens is 2. The van der Waals surface area contributed by atoms with Crippen LogP contribution in [0.1, 0.15) is 23.5 Å². The molecule has 0 radical (unpaired) electrons. The van der Waals surface area contributed by atoms with Gasteiger partial charge in [0.1, 0.15) is 0 Å². The minimum Gasteiger partial charge on any atom is -0.298 e. The number of sulfone groups is 1. The lowest BCUT2D eigenvalue weighted by Gasteiger charge is -2.17. The van der Waals surface area contributed by atoms with Crippen LogP contribution in [0, 0.1) is 0 Å². The van der Waals surface area contributed by atoms with Gasteiger partial charge in [-0.15, -0.1) is 0 Å². The van der Waals surface area contributed by atoms with Crippen molar-refractivity contribution in [3.05, 3.63) is 78.2 Å². The molecule has 1 aromatic carbocycles. The van der Waals surface area contributed by atoms with E-state index in [-0.39, 0.29) is 0 Å². The minimum atomic E-state index is -3.14. The molecular formula is C22H23N3O2S. The highest BCUT2D eigenvalue weighted by atomic mass is 32.2. The van der Waals surface area contributed by atoms with Crippen LogP contribution in [-0.2, 0) is 16.4 Å². The first kappa shape index (κ1) is 18.8. The van der Waals surface area contributed by atoms with Crippen molar-refractivity contribution < 1.29 is 8.42 Å². The van der Waals surface area contributed by atoms with Crippen LogP contribution in [0.3, 0.4) is 0 Å². The third kappa shape index (κ3) is 4.29. The summed E-state index contributed by atoms with van der Waals surface area (Å²) in [6.07, 6.45) is 7.81. The van der Waals surface area contributed by atoms with E-state index in [2.05, 4.69) is 27.0 Å². The van der Waals surface area contributed by atoms with Gasteiger partial charge in [-0.3, -0.25) is 14.9 Å². The molecule has 2 aromatic heterocycles. The zero-order valence-corrected chi connectivity index (χ0v) is 16.6. The maximum absolute atomic E-state index is 11.6. The van der Waals surface area contributed by atoms with Crippen molar-refractivity contribution in [3.8, 4) is 11.3 Å². The van der Waals surface area contributed by atoms with E-state index < -0.39 is 9.84 Å². The Morgan fingerprint density at radius 1 is 1.04 bits per heavy atom. The fourth-order valence-corrected chi connectivity index (χ4v) is 4.36. The monoisotopic (exact) mass is 393 g/mol. The van der Waals surface area contributed by atoms with Gasteiger partial charge in [0.25, 0.3) is 0 Å². The van der Waals surface area contributed by atoms with Crippen LogP contribution in [0.25, 0.3) is 11.3 Å². The molecule has 0 unspecified atom stereocenters. The summed E-state index contributed by atoms with van der Waals surface area (Å²) >= 11 is 0. The Morgan fingerprint density at radius 3 is 2.50 bits per heavy atom. The number of benzene rings is 1. The van der Waals surface area contributed by atoms with Crippen molar-refractivity contribution in [2.45, 2.75) is 23.8 Å². The second-order valence-electron chi connectivity index (χ2n) is 7.35. The second kappa shape index (κ2) is 7.81. The van der Waals surface area contributed by atoms with E-state index in [9.17, 15) is 8.42 Å². The highest BCUT2D eigenvalue weighted by Gasteiger charge is 2.24. The standard InChI is InChI=1S/C22H23N3O2S/c1-28(26,27)21-4-2-17(3-5-21)15-25-13-9-20(16-25)19-8-12-24-22(14-19)18-6-10-23-11-7-18/h2-8,10-12,14,20H,9,13,15-16H2,1H3/t20-/m1/s1. The Labute approximate surface area is 166 Å². The van der Waals surface area contributed by atoms with Crippen LogP contribution < -0.4 is 0 Å². The maximum atomic E-state index is 11.6. The third-order valence-corrected chi connectivity index (χ3v) is 6.39. The van der Waals surface area contributed by atoms with E-state index in [0.717, 1.165) is 42.9 Å². The summed E-state index contributed by atoms with van der Waals surface area (Å²) in [5.74, 6) is 0.485. The number of hydrogen-bond donors (Lipinski definition) is 0. The van der Waals surface area contributed by atoms with Crippen LogP contribution in [0.15, 0.2) is 72.0 Å². The molecule has 3 aromatic rings. The first-order chi connectivity index (χ1) is 13.5. The third-order valence-electron chi connectivity index (χ3n) is 5.26. The highest BCUT2D eigenvalue weighted by Crippen LogP contribution is 2.30. The van der Waals surface area contributed by atoms with Gasteiger partial charge >= 0.3 is 0 Å². The first-order valence-electron chi connectivity index (χ1n) is 9.37. The Kier molecular flexibility index (Phi) is 5.24. The van der Waals surface area contributed by atoms with E-state index in [4.69, 9.17) is 0 Å². The van der Waals surface area contributed by atoms with Crippen molar-refractivity contribution in [1.82, 2.24) is 14.9 Å². The van der Waals surface area contributed by atoms with E-state index >= 15 is 0 Å². The van der Waals surface area contributed by atoms with E-state index in [1.807, 2.05) is 30.5 Å². The molecule has 28 heavy (non-hydrogen) atoms. The van der Waals surface area contributed by atoms with Crippen molar-refractivity contribution in [2.24, 2.45) is 0 Å². The molecule has 3 heterocycles. The highest BCUT2D eigenvalue weighted by molar-refractivity contribution is 7.90. The van der Waals surface area contributed by atoms with Crippen LogP contribution in [0.2, 0.25) is 0 Å². The summed E-state index contributed by atoms with van der Waals surface area (Å²) in [5.41, 5.74) is 4.52. The topological polar surface area (TPSA) is 63.2 Å². The average molecular weight is 394 g/mol. The molecule has 1 atom stereocenters. The fraction of sp³-hybridized carbons (Fsp3) is 0.273. The molecule has 144 valence electrons. The summed E-state index contributed by atoms with van der Waals surface area (Å²) in [6, 6.07) is 15.5. The zero-order valence-electron chi connectivity index (χ0n) is 15.8. The van der Waals surface area contributed by atoms with Gasteiger partial charge in [-0.1, -0.05) is 12.1 Å². The SMILES string of the molecule is CS(=O)(=O)c1ccc(CN2CC[C@@H](c3ccnc(-c4ccncc4)c3)C2)cc1. The average Bonchev–Trinajstić information content (AvgIpc) is 3.17. The fourth-order valence-electron chi connectivity index (χ4n) is 3.73. The number of nitrogens with zero attached hydrogens (tertiary/aromatic N) is 3. The zero-order chi connectivity index (χ0) is 19.6. The van der Waals surface area contributed by atoms with Gasteiger partial charge in [-0.25, -0.2) is 8.42 Å². The predicted molar refractivity (Wildman–Crippen MR) is 110 cm³/mol. The second-order valence-corrected chi connectivity index (χ2v) is 9.36. The molecule has 6 heteroatoms. The predicted octanol–water partition coefficient (Wildman–Crippen LogP) is 3.54. The van der Waals surface area contributed by atoms with Crippen LogP contribution >= 0.6 is 0 Å². The molecule has 1 aliphatic rings. The lowest BCUT2D eigenvalue weighted by atomic mass is 9.97. The quantitative estimate of drug-likeness (QED) is 0.663. The molecule has 0 spiro atoms. The molecular weight excluding hydrogens is 370 g/mol. The van der Waals surface area contributed by atoms with Crippen molar-refractivity contribution in [3.63, 3.8) is 0 Å². The smallest absolute Gasteiger partial charge is 0.175 e.